The molecule has 5 heterocycles. The van der Waals surface area contributed by atoms with E-state index in [1.54, 1.807) is 18.5 Å². The summed E-state index contributed by atoms with van der Waals surface area (Å²) in [6.45, 7) is 2.23. The van der Waals surface area contributed by atoms with Crippen molar-refractivity contribution in [1.29, 1.82) is 5.26 Å². The van der Waals surface area contributed by atoms with Gasteiger partial charge in [-0.25, -0.2) is 13.2 Å². The van der Waals surface area contributed by atoms with E-state index in [1.165, 1.54) is 4.68 Å². The maximum absolute atomic E-state index is 14.3. The summed E-state index contributed by atoms with van der Waals surface area (Å²) in [4.78, 5) is 11.7. The molecule has 0 radical (unpaired) electrons. The van der Waals surface area contributed by atoms with Gasteiger partial charge in [-0.15, -0.1) is 4.68 Å². The number of hydrazone groups is 1. The van der Waals surface area contributed by atoms with Crippen LogP contribution in [0.2, 0.25) is 0 Å². The van der Waals surface area contributed by atoms with E-state index in [-0.39, 0.29) is 30.7 Å². The summed E-state index contributed by atoms with van der Waals surface area (Å²) in [6.07, 6.45) is 6.74. The quantitative estimate of drug-likeness (QED) is 0.292. The molecule has 1 spiro atoms. The van der Waals surface area contributed by atoms with Crippen LogP contribution in [-0.4, -0.2) is 88.1 Å². The topological polar surface area (TPSA) is 141 Å². The summed E-state index contributed by atoms with van der Waals surface area (Å²) >= 11 is 0. The van der Waals surface area contributed by atoms with E-state index in [2.05, 4.69) is 21.6 Å². The number of halogens is 3. The fourth-order valence-corrected chi connectivity index (χ4v) is 8.74. The molecule has 3 N–H and O–H groups in total. The highest BCUT2D eigenvalue weighted by Crippen LogP contribution is 2.53. The molecule has 0 bridgehead atoms. The third kappa shape index (κ3) is 5.38. The van der Waals surface area contributed by atoms with E-state index in [9.17, 15) is 18.4 Å². The molecule has 14 heteroatoms. The normalized spacial score (nSPS) is 28.7. The van der Waals surface area contributed by atoms with E-state index in [1.807, 2.05) is 24.9 Å². The fourth-order valence-electron chi connectivity index (χ4n) is 8.74. The first-order valence-electron chi connectivity index (χ1n) is 17.1. The second kappa shape index (κ2) is 11.9. The van der Waals surface area contributed by atoms with Gasteiger partial charge in [-0.1, -0.05) is 16.3 Å². The zero-order valence-corrected chi connectivity index (χ0v) is 27.6. The van der Waals surface area contributed by atoms with E-state index in [0.29, 0.717) is 60.0 Å². The number of rotatable bonds is 5. The van der Waals surface area contributed by atoms with Crippen molar-refractivity contribution in [3.63, 3.8) is 0 Å². The molecule has 0 amide bonds. The molecule has 11 nitrogen and oxygen atoms in total. The molecule has 256 valence electrons. The number of piperidine rings is 1. The van der Waals surface area contributed by atoms with Crippen molar-refractivity contribution >= 4 is 23.9 Å². The number of likely N-dealkylation sites (tertiary alicyclic amines) is 1. The summed E-state index contributed by atoms with van der Waals surface area (Å²) in [6, 6.07) is 6.01. The summed E-state index contributed by atoms with van der Waals surface area (Å²) in [5.74, 6) is -1.74. The predicted molar refractivity (Wildman–Crippen MR) is 175 cm³/mol. The van der Waals surface area contributed by atoms with Crippen LogP contribution in [0.15, 0.2) is 21.8 Å². The van der Waals surface area contributed by atoms with Gasteiger partial charge in [0.15, 0.2) is 17.0 Å². The smallest absolute Gasteiger partial charge is 0.365 e. The van der Waals surface area contributed by atoms with Crippen molar-refractivity contribution in [2.75, 3.05) is 32.4 Å². The molecule has 1 aromatic carbocycles. The Morgan fingerprint density at radius 3 is 2.82 bits per heavy atom. The number of benzene rings is 1. The minimum Gasteiger partial charge on any atom is -0.472 e. The van der Waals surface area contributed by atoms with Gasteiger partial charge in [0.2, 0.25) is 5.88 Å². The number of aryl methyl sites for hydroxylation is 1. The first kappa shape index (κ1) is 31.9. The number of nitrogens with zero attached hydrogens (tertiary/aromatic N) is 7. The molecule has 8 rings (SSSR count). The average Bonchev–Trinajstić information content (AvgIpc) is 3.78. The number of nitrogens with two attached hydrogens (primary N) is 1. The van der Waals surface area contributed by atoms with Crippen LogP contribution in [0, 0.1) is 17.2 Å². The first-order chi connectivity index (χ1) is 23.6. The summed E-state index contributed by atoms with van der Waals surface area (Å²) < 4.78 is 57.2. The number of hydrogen-bond acceptors (Lipinski definition) is 10. The van der Waals surface area contributed by atoms with E-state index >= 15 is 0 Å². The molecule has 5 aliphatic rings. The van der Waals surface area contributed by atoms with Crippen molar-refractivity contribution in [1.82, 2.24) is 25.3 Å². The lowest BCUT2D eigenvalue weighted by Gasteiger charge is -2.41. The van der Waals surface area contributed by atoms with Gasteiger partial charge in [0.25, 0.3) is 11.7 Å². The first-order valence-corrected chi connectivity index (χ1v) is 17.1. The number of nitriles is 1. The molecule has 0 saturated carbocycles. The lowest BCUT2D eigenvalue weighted by atomic mass is 9.61. The summed E-state index contributed by atoms with van der Waals surface area (Å²) in [5.41, 5.74) is 10.6. The van der Waals surface area contributed by atoms with Crippen LogP contribution >= 0.6 is 0 Å². The number of aromatic nitrogens is 3. The highest BCUT2D eigenvalue weighted by atomic mass is 19.3. The standard InChI is InChI=1S/C35H39F3N9O2/c1-19(27-11-22(36)17-46(27)2)48-33-25-15-42-47(16-20-12-35(37,38)18-41-14-20)32(25)43-31(44-33)29-23-6-4-10-34(30(23)49-45-29)9-3-5-21-7-8-26(40)24(13-39)28(21)34/h7-8,15-16,19-20,22,27,41H,3-6,9-12,14,17-18,40H2,1-2H3/q+1/b47-16+/t19-,20?,22+,27-,34+/m0/s1. The molecule has 2 aliphatic carbocycles. The zero-order chi connectivity index (χ0) is 34.1. The van der Waals surface area contributed by atoms with Gasteiger partial charge in [-0.3, -0.25) is 4.90 Å². The number of hydrogen-bond donors (Lipinski definition) is 2. The lowest BCUT2D eigenvalue weighted by Crippen LogP contribution is -2.44. The Morgan fingerprint density at radius 1 is 1.24 bits per heavy atom. The molecule has 1 unspecified atom stereocenters. The molecule has 5 atom stereocenters. The van der Waals surface area contributed by atoms with Gasteiger partial charge < -0.3 is 20.3 Å². The largest absolute Gasteiger partial charge is 0.472 e. The van der Waals surface area contributed by atoms with Crippen LogP contribution in [0.3, 0.4) is 0 Å². The molecular weight excluding hydrogens is 635 g/mol. The molecule has 3 aromatic rings. The van der Waals surface area contributed by atoms with Crippen molar-refractivity contribution in [3.8, 4) is 23.5 Å². The Labute approximate surface area is 282 Å². The second-order valence-electron chi connectivity index (χ2n) is 14.2. The Kier molecular flexibility index (Phi) is 7.75. The zero-order valence-electron chi connectivity index (χ0n) is 27.6. The number of ether oxygens (including phenoxy) is 1. The van der Waals surface area contributed by atoms with E-state index < -0.39 is 29.5 Å². The Hall–Kier alpha value is -4.35. The van der Waals surface area contributed by atoms with Gasteiger partial charge in [0, 0.05) is 42.7 Å². The number of nitrogen functional groups attached to an aromatic ring is 1. The van der Waals surface area contributed by atoms with E-state index in [0.717, 1.165) is 48.8 Å². The number of fused-ring (bicyclic) bond motifs is 5. The maximum atomic E-state index is 14.3. The van der Waals surface area contributed by atoms with E-state index in [4.69, 9.17) is 25.0 Å². The van der Waals surface area contributed by atoms with Crippen molar-refractivity contribution < 1.29 is 27.1 Å². The molecule has 2 saturated heterocycles. The van der Waals surface area contributed by atoms with Gasteiger partial charge in [-0.05, 0) is 81.1 Å². The third-order valence-electron chi connectivity index (χ3n) is 10.9. The van der Waals surface area contributed by atoms with Crippen LogP contribution in [0.25, 0.3) is 11.5 Å². The molecule has 49 heavy (non-hydrogen) atoms. The number of likely N-dealkylation sites (N-methyl/N-ethyl adjacent to an activating group) is 1. The Balaban J connectivity index is 1.23. The summed E-state index contributed by atoms with van der Waals surface area (Å²) in [7, 11) is 1.87. The highest BCUT2D eigenvalue weighted by molar-refractivity contribution is 5.90. The Bertz CT molecular complexity index is 1920. The van der Waals surface area contributed by atoms with Crippen molar-refractivity contribution in [2.24, 2.45) is 11.0 Å². The van der Waals surface area contributed by atoms with Crippen LogP contribution in [0.1, 0.15) is 79.0 Å². The minimum absolute atomic E-state index is 0.173. The third-order valence-corrected chi connectivity index (χ3v) is 10.9. The van der Waals surface area contributed by atoms with Crippen LogP contribution in [0.5, 0.6) is 5.88 Å². The maximum Gasteiger partial charge on any atom is 0.365 e. The van der Waals surface area contributed by atoms with Crippen LogP contribution < -0.4 is 15.8 Å². The van der Waals surface area contributed by atoms with Crippen molar-refractivity contribution in [2.45, 2.75) is 87.9 Å². The van der Waals surface area contributed by atoms with Gasteiger partial charge in [0.1, 0.15) is 24.6 Å². The number of anilines is 1. The molecule has 2 aromatic heterocycles. The van der Waals surface area contributed by atoms with Crippen molar-refractivity contribution in [3.05, 3.63) is 45.7 Å². The number of alkyl halides is 3. The van der Waals surface area contributed by atoms with Gasteiger partial charge in [0.05, 0.1) is 23.7 Å². The van der Waals surface area contributed by atoms with Gasteiger partial charge >= 0.3 is 5.82 Å². The molecule has 2 fully saturated rings. The average molecular weight is 675 g/mol. The van der Waals surface area contributed by atoms with Crippen LogP contribution in [0.4, 0.5) is 24.7 Å². The lowest BCUT2D eigenvalue weighted by molar-refractivity contribution is -0.442. The SMILES string of the molecule is C[C@H](Oc1nc(-c2noc3c2CCC[C@@]32CCCc3ccc(N)c(C#N)c32)nc2c1C=N/[N+]2=C/C1CNCC(F)(F)C1)[C@@H]1C[C@@H](F)CN1C. The molecular formula is C35H39F3N9O2+. The Morgan fingerprint density at radius 2 is 2.06 bits per heavy atom. The van der Waals surface area contributed by atoms with Crippen LogP contribution in [-0.2, 0) is 18.3 Å². The predicted octanol–water partition coefficient (Wildman–Crippen LogP) is 4.66. The minimum atomic E-state index is -2.84. The molecule has 3 aliphatic heterocycles. The number of nitrogens with one attached hydrogen (secondary N) is 1. The fraction of sp³-hybridized carbons (Fsp3) is 0.543. The monoisotopic (exact) mass is 674 g/mol. The van der Waals surface area contributed by atoms with Gasteiger partial charge in [-0.2, -0.15) is 10.2 Å². The summed E-state index contributed by atoms with van der Waals surface area (Å²) in [5, 5.41) is 22.1. The highest BCUT2D eigenvalue weighted by Gasteiger charge is 2.49. The second-order valence-corrected chi connectivity index (χ2v) is 14.2.